The summed E-state index contributed by atoms with van der Waals surface area (Å²) < 4.78 is 1.14. The molecule has 0 aromatic rings. The molecule has 0 amide bonds. The zero-order chi connectivity index (χ0) is 5.70. The van der Waals surface area contributed by atoms with Gasteiger partial charge in [0.1, 0.15) is 3.05 Å². The molecule has 0 aliphatic rings. The molecule has 42 valence electrons. The lowest BCUT2D eigenvalue weighted by molar-refractivity contribution is 1.14. The van der Waals surface area contributed by atoms with Crippen LogP contribution in [0, 0.1) is 0 Å². The number of hydrogen-bond acceptors (Lipinski definition) is 2. The van der Waals surface area contributed by atoms with E-state index in [1.165, 1.54) is 0 Å². The summed E-state index contributed by atoms with van der Waals surface area (Å²) in [5.41, 5.74) is 0. The van der Waals surface area contributed by atoms with E-state index in [0.717, 1.165) is 9.60 Å². The summed E-state index contributed by atoms with van der Waals surface area (Å²) >= 11 is 3.90. The van der Waals surface area contributed by atoms with Crippen molar-refractivity contribution >= 4 is 37.4 Å². The van der Waals surface area contributed by atoms with Crippen molar-refractivity contribution < 1.29 is 0 Å². The molecule has 0 unspecified atom stereocenters. The van der Waals surface area contributed by atoms with Crippen LogP contribution in [-0.2, 0) is 0 Å². The standard InChI is InChI=1S/C4H8INS/c1-3-6-4(5)7-2/h3H2,1-2H3/b6-4-. The van der Waals surface area contributed by atoms with Crippen molar-refractivity contribution in [3.8, 4) is 0 Å². The number of hydrogen-bond donors (Lipinski definition) is 0. The zero-order valence-electron chi connectivity index (χ0n) is 4.44. The van der Waals surface area contributed by atoms with Crippen LogP contribution in [-0.4, -0.2) is 15.9 Å². The molecule has 0 rings (SSSR count). The van der Waals surface area contributed by atoms with Gasteiger partial charge in [-0.3, -0.25) is 4.99 Å². The first-order chi connectivity index (χ1) is 3.31. The third kappa shape index (κ3) is 4.61. The van der Waals surface area contributed by atoms with Gasteiger partial charge in [-0.05, 0) is 35.8 Å². The highest BCUT2D eigenvalue weighted by Crippen LogP contribution is 2.04. The van der Waals surface area contributed by atoms with Crippen LogP contribution in [0.5, 0.6) is 0 Å². The maximum Gasteiger partial charge on any atom is 0.128 e. The Balaban J connectivity index is 3.29. The quantitative estimate of drug-likeness (QED) is 0.381. The van der Waals surface area contributed by atoms with Crippen LogP contribution in [0.2, 0.25) is 0 Å². The Kier molecular flexibility index (Phi) is 5.42. The highest BCUT2D eigenvalue weighted by Gasteiger charge is 1.81. The largest absolute Gasteiger partial charge is 0.272 e. The molecule has 0 atom stereocenters. The molecule has 0 heterocycles. The van der Waals surface area contributed by atoms with Crippen molar-refractivity contribution in [3.05, 3.63) is 0 Å². The van der Waals surface area contributed by atoms with Crippen LogP contribution >= 0.6 is 34.4 Å². The molecule has 0 fully saturated rings. The number of aliphatic imine (C=N–C) groups is 1. The monoisotopic (exact) mass is 229 g/mol. The second kappa shape index (κ2) is 4.90. The molecule has 7 heavy (non-hydrogen) atoms. The van der Waals surface area contributed by atoms with Crippen LogP contribution in [0.1, 0.15) is 6.92 Å². The summed E-state index contributed by atoms with van der Waals surface area (Å²) in [6.45, 7) is 2.94. The highest BCUT2D eigenvalue weighted by atomic mass is 127. The summed E-state index contributed by atoms with van der Waals surface area (Å²) in [5, 5.41) is 0. The maximum atomic E-state index is 4.11. The molecule has 0 N–H and O–H groups in total. The van der Waals surface area contributed by atoms with Crippen LogP contribution in [0.4, 0.5) is 0 Å². The summed E-state index contributed by atoms with van der Waals surface area (Å²) in [4.78, 5) is 4.11. The molecule has 0 radical (unpaired) electrons. The second-order valence-corrected chi connectivity index (χ2v) is 3.48. The van der Waals surface area contributed by atoms with Crippen molar-refractivity contribution in [2.24, 2.45) is 4.99 Å². The predicted molar refractivity (Wildman–Crippen MR) is 45.5 cm³/mol. The number of halogens is 1. The first kappa shape index (κ1) is 7.75. The van der Waals surface area contributed by atoms with Gasteiger partial charge in [0.05, 0.1) is 0 Å². The molecule has 0 aromatic heterocycles. The van der Waals surface area contributed by atoms with Gasteiger partial charge in [0.15, 0.2) is 0 Å². The number of nitrogens with zero attached hydrogens (tertiary/aromatic N) is 1. The molecule has 0 saturated carbocycles. The lowest BCUT2D eigenvalue weighted by atomic mass is 10.8. The molecule has 0 spiro atoms. The maximum absolute atomic E-state index is 4.11. The third-order valence-corrected chi connectivity index (χ3v) is 2.58. The molecule has 0 bridgehead atoms. The molecule has 0 aliphatic carbocycles. The second-order valence-electron chi connectivity index (χ2n) is 0.931. The minimum atomic E-state index is 0.902. The van der Waals surface area contributed by atoms with Gasteiger partial charge in [-0.15, -0.1) is 11.8 Å². The van der Waals surface area contributed by atoms with Gasteiger partial charge >= 0.3 is 0 Å². The van der Waals surface area contributed by atoms with Crippen molar-refractivity contribution in [1.29, 1.82) is 0 Å². The molecular weight excluding hydrogens is 221 g/mol. The van der Waals surface area contributed by atoms with Crippen molar-refractivity contribution in [2.45, 2.75) is 6.92 Å². The van der Waals surface area contributed by atoms with Gasteiger partial charge in [-0.25, -0.2) is 0 Å². The Morgan fingerprint density at radius 1 is 1.86 bits per heavy atom. The first-order valence-electron chi connectivity index (χ1n) is 2.05. The Hall–Kier alpha value is 0.750. The van der Waals surface area contributed by atoms with E-state index in [0.29, 0.717) is 0 Å². The Labute approximate surface area is 62.1 Å². The van der Waals surface area contributed by atoms with Gasteiger partial charge in [-0.2, -0.15) is 0 Å². The van der Waals surface area contributed by atoms with Crippen molar-refractivity contribution in [3.63, 3.8) is 0 Å². The number of thioether (sulfide) groups is 1. The fraction of sp³-hybridized carbons (Fsp3) is 0.750. The first-order valence-corrected chi connectivity index (χ1v) is 4.35. The fourth-order valence-corrected chi connectivity index (χ4v) is 0.788. The minimum absolute atomic E-state index is 0.902. The molecule has 3 heteroatoms. The van der Waals surface area contributed by atoms with E-state index in [9.17, 15) is 0 Å². The number of rotatable bonds is 1. The average Bonchev–Trinajstić information content (AvgIpc) is 1.68. The molecule has 0 aliphatic heterocycles. The lowest BCUT2D eigenvalue weighted by Crippen LogP contribution is -1.75. The van der Waals surface area contributed by atoms with Crippen molar-refractivity contribution in [1.82, 2.24) is 0 Å². The highest BCUT2D eigenvalue weighted by molar-refractivity contribution is 14.1. The van der Waals surface area contributed by atoms with Crippen LogP contribution in [0.15, 0.2) is 4.99 Å². The predicted octanol–water partition coefficient (Wildman–Crippen LogP) is 2.16. The zero-order valence-corrected chi connectivity index (χ0v) is 7.41. The minimum Gasteiger partial charge on any atom is -0.272 e. The van der Waals surface area contributed by atoms with E-state index in [1.807, 2.05) is 13.2 Å². The molecular formula is C4H8INS. The molecule has 0 saturated heterocycles. The Morgan fingerprint density at radius 2 is 2.43 bits per heavy atom. The topological polar surface area (TPSA) is 12.4 Å². The van der Waals surface area contributed by atoms with Gasteiger partial charge in [0, 0.05) is 6.54 Å². The summed E-state index contributed by atoms with van der Waals surface area (Å²) in [6, 6.07) is 0. The summed E-state index contributed by atoms with van der Waals surface area (Å²) in [7, 11) is 0. The molecule has 0 aromatic carbocycles. The normalized spacial score (nSPS) is 12.1. The van der Waals surface area contributed by atoms with Crippen LogP contribution in [0.25, 0.3) is 0 Å². The average molecular weight is 229 g/mol. The van der Waals surface area contributed by atoms with Gasteiger partial charge < -0.3 is 0 Å². The Morgan fingerprint density at radius 3 is 2.57 bits per heavy atom. The van der Waals surface area contributed by atoms with E-state index in [2.05, 4.69) is 27.6 Å². The van der Waals surface area contributed by atoms with Gasteiger partial charge in [0.2, 0.25) is 0 Å². The summed E-state index contributed by atoms with van der Waals surface area (Å²) in [5.74, 6) is 0. The van der Waals surface area contributed by atoms with E-state index in [1.54, 1.807) is 11.8 Å². The molecule has 1 nitrogen and oxygen atoms in total. The third-order valence-electron chi connectivity index (χ3n) is 0.451. The van der Waals surface area contributed by atoms with E-state index in [4.69, 9.17) is 0 Å². The van der Waals surface area contributed by atoms with E-state index >= 15 is 0 Å². The smallest absolute Gasteiger partial charge is 0.128 e. The Bertz CT molecular complexity index is 72.1. The van der Waals surface area contributed by atoms with E-state index < -0.39 is 0 Å². The van der Waals surface area contributed by atoms with E-state index in [-0.39, 0.29) is 0 Å². The van der Waals surface area contributed by atoms with Gasteiger partial charge in [-0.1, -0.05) is 0 Å². The lowest BCUT2D eigenvalue weighted by Gasteiger charge is -1.85. The fourth-order valence-electron chi connectivity index (χ4n) is 0.189. The van der Waals surface area contributed by atoms with Crippen molar-refractivity contribution in [2.75, 3.05) is 12.8 Å². The summed E-state index contributed by atoms with van der Waals surface area (Å²) in [6.07, 6.45) is 2.03. The van der Waals surface area contributed by atoms with Gasteiger partial charge in [0.25, 0.3) is 0 Å². The van der Waals surface area contributed by atoms with Crippen LogP contribution in [0.3, 0.4) is 0 Å². The SMILES string of the molecule is CC/N=C(/I)SC. The van der Waals surface area contributed by atoms with Crippen LogP contribution < -0.4 is 0 Å².